The SMILES string of the molecule is COc1ccc(C2=NN3[C@H](C(=O)c4ccccc4)Oc4ccc(Cl)cc4[C@@H]3C2)cc1. The highest BCUT2D eigenvalue weighted by Gasteiger charge is 2.43. The standard InChI is InChI=1S/C24H19ClN2O3/c1-29-18-10-7-15(8-11-18)20-14-21-19-13-17(25)9-12-22(19)30-24(27(21)26-20)23(28)16-5-3-2-4-6-16/h2-13,21,24H,14H2,1H3/t21-,24-/m0/s1. The molecule has 0 spiro atoms. The highest BCUT2D eigenvalue weighted by molar-refractivity contribution is 6.30. The fourth-order valence-corrected chi connectivity index (χ4v) is 4.11. The second kappa shape index (κ2) is 7.50. The average Bonchev–Trinajstić information content (AvgIpc) is 3.24. The predicted molar refractivity (Wildman–Crippen MR) is 115 cm³/mol. The molecule has 2 heterocycles. The van der Waals surface area contributed by atoms with Gasteiger partial charge in [0.1, 0.15) is 11.5 Å². The maximum absolute atomic E-state index is 13.3. The van der Waals surface area contributed by atoms with Gasteiger partial charge in [0, 0.05) is 22.6 Å². The first-order valence-corrected chi connectivity index (χ1v) is 10.1. The summed E-state index contributed by atoms with van der Waals surface area (Å²) >= 11 is 6.26. The lowest BCUT2D eigenvalue weighted by Gasteiger charge is -2.37. The van der Waals surface area contributed by atoms with Crippen molar-refractivity contribution in [3.8, 4) is 11.5 Å². The molecule has 0 saturated heterocycles. The molecule has 150 valence electrons. The number of hydrogen-bond donors (Lipinski definition) is 0. The van der Waals surface area contributed by atoms with Crippen molar-refractivity contribution in [1.29, 1.82) is 0 Å². The molecule has 2 atom stereocenters. The number of ketones is 1. The topological polar surface area (TPSA) is 51.1 Å². The van der Waals surface area contributed by atoms with E-state index in [4.69, 9.17) is 26.2 Å². The molecule has 0 unspecified atom stereocenters. The molecule has 0 amide bonds. The molecule has 3 aromatic carbocycles. The van der Waals surface area contributed by atoms with Gasteiger partial charge in [-0.25, -0.2) is 5.01 Å². The summed E-state index contributed by atoms with van der Waals surface area (Å²) in [6.07, 6.45) is -0.177. The molecular weight excluding hydrogens is 400 g/mol. The van der Waals surface area contributed by atoms with Crippen LogP contribution < -0.4 is 9.47 Å². The van der Waals surface area contributed by atoms with Crippen molar-refractivity contribution in [1.82, 2.24) is 5.01 Å². The van der Waals surface area contributed by atoms with E-state index < -0.39 is 6.23 Å². The van der Waals surface area contributed by atoms with Crippen molar-refractivity contribution in [2.24, 2.45) is 5.10 Å². The molecule has 0 aromatic heterocycles. The van der Waals surface area contributed by atoms with Crippen LogP contribution in [0.2, 0.25) is 5.02 Å². The Hall–Kier alpha value is -3.31. The third kappa shape index (κ3) is 3.21. The van der Waals surface area contributed by atoms with Gasteiger partial charge < -0.3 is 9.47 Å². The maximum Gasteiger partial charge on any atom is 0.251 e. The van der Waals surface area contributed by atoms with Gasteiger partial charge in [-0.05, 0) is 48.0 Å². The van der Waals surface area contributed by atoms with Crippen molar-refractivity contribution in [3.63, 3.8) is 0 Å². The summed E-state index contributed by atoms with van der Waals surface area (Å²) in [5, 5.41) is 7.21. The monoisotopic (exact) mass is 418 g/mol. The number of benzene rings is 3. The number of hydrazone groups is 1. The number of carbonyl (C=O) groups is 1. The third-order valence-corrected chi connectivity index (χ3v) is 5.69. The van der Waals surface area contributed by atoms with Gasteiger partial charge in [-0.3, -0.25) is 4.79 Å². The highest BCUT2D eigenvalue weighted by Crippen LogP contribution is 2.44. The zero-order valence-electron chi connectivity index (χ0n) is 16.3. The fraction of sp³-hybridized carbons (Fsp3) is 0.167. The molecule has 2 aliphatic rings. The molecule has 3 aromatic rings. The average molecular weight is 419 g/mol. The Bertz CT molecular complexity index is 1130. The Morgan fingerprint density at radius 3 is 2.60 bits per heavy atom. The van der Waals surface area contributed by atoms with Gasteiger partial charge in [0.2, 0.25) is 5.78 Å². The third-order valence-electron chi connectivity index (χ3n) is 5.46. The molecule has 0 saturated carbocycles. The number of nitrogens with zero attached hydrogens (tertiary/aromatic N) is 2. The van der Waals surface area contributed by atoms with Crippen LogP contribution in [0.15, 0.2) is 77.9 Å². The summed E-state index contributed by atoms with van der Waals surface area (Å²) in [7, 11) is 1.64. The number of ether oxygens (including phenoxy) is 2. The van der Waals surface area contributed by atoms with Crippen molar-refractivity contribution in [2.45, 2.75) is 18.7 Å². The molecule has 0 bridgehead atoms. The van der Waals surface area contributed by atoms with Gasteiger partial charge >= 0.3 is 0 Å². The van der Waals surface area contributed by atoms with Gasteiger partial charge in [0.15, 0.2) is 0 Å². The van der Waals surface area contributed by atoms with Crippen molar-refractivity contribution in [2.75, 3.05) is 7.11 Å². The second-order valence-corrected chi connectivity index (χ2v) is 7.69. The van der Waals surface area contributed by atoms with E-state index in [1.807, 2.05) is 54.6 Å². The smallest absolute Gasteiger partial charge is 0.251 e. The number of Topliss-reactive ketones (excluding diaryl/α,β-unsaturated/α-hetero) is 1. The molecule has 0 radical (unpaired) electrons. The second-order valence-electron chi connectivity index (χ2n) is 7.26. The molecule has 30 heavy (non-hydrogen) atoms. The minimum absolute atomic E-state index is 0.123. The van der Waals surface area contributed by atoms with Crippen LogP contribution >= 0.6 is 11.6 Å². The van der Waals surface area contributed by atoms with Gasteiger partial charge in [0.25, 0.3) is 6.23 Å². The largest absolute Gasteiger partial charge is 0.497 e. The quantitative estimate of drug-likeness (QED) is 0.553. The van der Waals surface area contributed by atoms with Crippen molar-refractivity contribution >= 4 is 23.1 Å². The molecular formula is C24H19ClN2O3. The zero-order valence-corrected chi connectivity index (χ0v) is 17.0. The van der Waals surface area contributed by atoms with E-state index in [0.717, 1.165) is 22.6 Å². The number of carbonyl (C=O) groups excluding carboxylic acids is 1. The van der Waals surface area contributed by atoms with Crippen LogP contribution in [-0.2, 0) is 0 Å². The van der Waals surface area contributed by atoms with Crippen molar-refractivity contribution in [3.05, 3.63) is 94.5 Å². The summed E-state index contributed by atoms with van der Waals surface area (Å²) in [5.41, 5.74) is 3.41. The Morgan fingerprint density at radius 2 is 1.87 bits per heavy atom. The number of methoxy groups -OCH3 is 1. The molecule has 0 N–H and O–H groups in total. The van der Waals surface area contributed by atoms with Crippen LogP contribution in [0.3, 0.4) is 0 Å². The molecule has 2 aliphatic heterocycles. The van der Waals surface area contributed by atoms with Gasteiger partial charge in [-0.2, -0.15) is 5.10 Å². The zero-order chi connectivity index (χ0) is 20.7. The van der Waals surface area contributed by atoms with E-state index in [1.165, 1.54) is 0 Å². The van der Waals surface area contributed by atoms with E-state index in [0.29, 0.717) is 22.8 Å². The van der Waals surface area contributed by atoms with Crippen LogP contribution in [0.25, 0.3) is 0 Å². The lowest BCUT2D eigenvalue weighted by molar-refractivity contribution is -0.00455. The lowest BCUT2D eigenvalue weighted by atomic mass is 9.95. The van der Waals surface area contributed by atoms with E-state index in [9.17, 15) is 4.79 Å². The first kappa shape index (κ1) is 18.7. The number of rotatable bonds is 4. The van der Waals surface area contributed by atoms with Crippen LogP contribution in [-0.4, -0.2) is 29.8 Å². The number of halogens is 1. The summed E-state index contributed by atoms with van der Waals surface area (Å²) in [6.45, 7) is 0. The van der Waals surface area contributed by atoms with Crippen LogP contribution in [0, 0.1) is 0 Å². The Kier molecular flexibility index (Phi) is 4.68. The molecule has 0 fully saturated rings. The van der Waals surface area contributed by atoms with Crippen molar-refractivity contribution < 1.29 is 14.3 Å². The molecule has 5 nitrogen and oxygen atoms in total. The highest BCUT2D eigenvalue weighted by atomic mass is 35.5. The lowest BCUT2D eigenvalue weighted by Crippen LogP contribution is -2.45. The summed E-state index contributed by atoms with van der Waals surface area (Å²) in [6, 6.07) is 22.3. The summed E-state index contributed by atoms with van der Waals surface area (Å²) in [4.78, 5) is 13.3. The van der Waals surface area contributed by atoms with Gasteiger partial charge in [-0.15, -0.1) is 0 Å². The molecule has 5 rings (SSSR count). The van der Waals surface area contributed by atoms with Crippen LogP contribution in [0.5, 0.6) is 11.5 Å². The number of hydrogen-bond acceptors (Lipinski definition) is 5. The fourth-order valence-electron chi connectivity index (χ4n) is 3.93. The Labute approximate surface area is 179 Å². The van der Waals surface area contributed by atoms with Gasteiger partial charge in [-0.1, -0.05) is 41.9 Å². The Balaban J connectivity index is 1.56. The molecule has 6 heteroatoms. The summed E-state index contributed by atoms with van der Waals surface area (Å²) in [5.74, 6) is 1.33. The minimum atomic E-state index is -0.832. The van der Waals surface area contributed by atoms with Crippen LogP contribution in [0.1, 0.15) is 33.9 Å². The number of fused-ring (bicyclic) bond motifs is 3. The van der Waals surface area contributed by atoms with E-state index >= 15 is 0 Å². The van der Waals surface area contributed by atoms with Crippen LogP contribution in [0.4, 0.5) is 0 Å². The maximum atomic E-state index is 13.3. The Morgan fingerprint density at radius 1 is 1.10 bits per heavy atom. The van der Waals surface area contributed by atoms with E-state index in [-0.39, 0.29) is 11.8 Å². The molecule has 0 aliphatic carbocycles. The normalized spacial score (nSPS) is 19.4. The van der Waals surface area contributed by atoms with E-state index in [2.05, 4.69) is 0 Å². The van der Waals surface area contributed by atoms with Gasteiger partial charge in [0.05, 0.1) is 18.9 Å². The minimum Gasteiger partial charge on any atom is -0.497 e. The first-order valence-electron chi connectivity index (χ1n) is 9.69. The first-order chi connectivity index (χ1) is 14.6. The van der Waals surface area contributed by atoms with E-state index in [1.54, 1.807) is 30.3 Å². The summed E-state index contributed by atoms with van der Waals surface area (Å²) < 4.78 is 11.4. The predicted octanol–water partition coefficient (Wildman–Crippen LogP) is 5.10.